The van der Waals surface area contributed by atoms with Crippen LogP contribution in [0.15, 0.2) is 34.9 Å². The van der Waals surface area contributed by atoms with E-state index in [1.165, 1.54) is 0 Å². The van der Waals surface area contributed by atoms with Gasteiger partial charge in [-0.2, -0.15) is 0 Å². The minimum atomic E-state index is -0.997. The molecule has 0 atom stereocenters. The van der Waals surface area contributed by atoms with Crippen LogP contribution < -0.4 is 5.32 Å². The van der Waals surface area contributed by atoms with Crippen molar-refractivity contribution in [3.05, 3.63) is 47.3 Å². The number of rotatable bonds is 6. The van der Waals surface area contributed by atoms with Crippen molar-refractivity contribution in [2.75, 3.05) is 11.9 Å². The molecule has 0 spiro atoms. The third-order valence-electron chi connectivity index (χ3n) is 3.58. The Morgan fingerprint density at radius 3 is 2.58 bits per heavy atom. The van der Waals surface area contributed by atoms with Gasteiger partial charge in [0.25, 0.3) is 0 Å². The molecule has 1 heterocycles. The van der Waals surface area contributed by atoms with E-state index in [9.17, 15) is 9.90 Å². The number of benzene rings is 1. The Morgan fingerprint density at radius 1 is 1.33 bits per heavy atom. The summed E-state index contributed by atoms with van der Waals surface area (Å²) < 4.78 is 5.15. The Balaban J connectivity index is 2.19. The first kappa shape index (κ1) is 18.0. The first-order valence-corrected chi connectivity index (χ1v) is 8.07. The molecule has 0 saturated carbocycles. The topological polar surface area (TPSA) is 78.6 Å². The number of anilines is 1. The van der Waals surface area contributed by atoms with Crippen molar-refractivity contribution in [1.82, 2.24) is 10.1 Å². The van der Waals surface area contributed by atoms with E-state index in [4.69, 9.17) is 4.52 Å². The van der Waals surface area contributed by atoms with Gasteiger partial charge in [-0.05, 0) is 32.8 Å². The monoisotopic (exact) mass is 331 g/mol. The fourth-order valence-corrected chi connectivity index (χ4v) is 2.48. The number of nitrogens with zero attached hydrogens (tertiary/aromatic N) is 2. The Kier molecular flexibility index (Phi) is 5.62. The molecule has 2 amide bonds. The van der Waals surface area contributed by atoms with E-state index in [-0.39, 0.29) is 12.6 Å². The van der Waals surface area contributed by atoms with Crippen molar-refractivity contribution in [3.63, 3.8) is 0 Å². The predicted molar refractivity (Wildman–Crippen MR) is 92.8 cm³/mol. The number of hydrogen-bond acceptors (Lipinski definition) is 4. The number of aliphatic hydroxyl groups is 1. The van der Waals surface area contributed by atoms with Gasteiger partial charge in [0.15, 0.2) is 5.76 Å². The average molecular weight is 331 g/mol. The lowest BCUT2D eigenvalue weighted by molar-refractivity contribution is 0.0469. The third kappa shape index (κ3) is 4.83. The van der Waals surface area contributed by atoms with Crippen molar-refractivity contribution in [3.8, 4) is 0 Å². The van der Waals surface area contributed by atoms with Crippen LogP contribution in [0.1, 0.15) is 37.8 Å². The van der Waals surface area contributed by atoms with Crippen molar-refractivity contribution in [2.45, 2.75) is 46.3 Å². The van der Waals surface area contributed by atoms with E-state index in [1.54, 1.807) is 25.7 Å². The molecule has 0 radical (unpaired) electrons. The quantitative estimate of drug-likeness (QED) is 0.851. The Morgan fingerprint density at radius 2 is 2.00 bits per heavy atom. The number of hydrogen-bond donors (Lipinski definition) is 2. The van der Waals surface area contributed by atoms with Crippen molar-refractivity contribution < 1.29 is 14.4 Å². The lowest BCUT2D eigenvalue weighted by atomic mass is 10.1. The highest BCUT2D eigenvalue weighted by Gasteiger charge is 2.24. The number of carbonyl (C=O) groups is 1. The summed E-state index contributed by atoms with van der Waals surface area (Å²) in [5.74, 6) is 0.572. The number of nitrogens with one attached hydrogen (secondary N) is 1. The van der Waals surface area contributed by atoms with Crippen LogP contribution in [-0.2, 0) is 13.0 Å². The minimum Gasteiger partial charge on any atom is -0.389 e. The molecule has 24 heavy (non-hydrogen) atoms. The first-order valence-electron chi connectivity index (χ1n) is 8.07. The zero-order valence-electron chi connectivity index (χ0n) is 14.7. The molecule has 1 aromatic carbocycles. The van der Waals surface area contributed by atoms with Gasteiger partial charge in [0.05, 0.1) is 12.1 Å². The number of aryl methyl sites for hydroxylation is 2. The summed E-state index contributed by atoms with van der Waals surface area (Å²) in [4.78, 5) is 14.3. The van der Waals surface area contributed by atoms with Crippen LogP contribution in [-0.4, -0.2) is 33.3 Å². The largest absolute Gasteiger partial charge is 0.389 e. The van der Waals surface area contributed by atoms with Crippen LogP contribution in [0.25, 0.3) is 0 Å². The van der Waals surface area contributed by atoms with Gasteiger partial charge < -0.3 is 19.8 Å². The van der Waals surface area contributed by atoms with Crippen LogP contribution in [0, 0.1) is 6.92 Å². The van der Waals surface area contributed by atoms with Crippen LogP contribution in [0.2, 0.25) is 0 Å². The molecular formula is C18H25N3O3. The van der Waals surface area contributed by atoms with Gasteiger partial charge >= 0.3 is 6.03 Å². The highest BCUT2D eigenvalue weighted by molar-refractivity contribution is 5.90. The summed E-state index contributed by atoms with van der Waals surface area (Å²) in [6.07, 6.45) is 0.664. The zero-order chi connectivity index (χ0) is 17.7. The smallest absolute Gasteiger partial charge is 0.322 e. The van der Waals surface area contributed by atoms with E-state index in [1.807, 2.05) is 37.3 Å². The number of aromatic nitrogens is 1. The summed E-state index contributed by atoms with van der Waals surface area (Å²) >= 11 is 0. The average Bonchev–Trinajstić information content (AvgIpc) is 2.86. The molecule has 2 aromatic rings. The number of carbonyl (C=O) groups excluding carboxylic acids is 1. The molecule has 0 aliphatic rings. The van der Waals surface area contributed by atoms with Gasteiger partial charge in [0.2, 0.25) is 0 Å². The summed E-state index contributed by atoms with van der Waals surface area (Å²) in [6.45, 7) is 7.69. The zero-order valence-corrected chi connectivity index (χ0v) is 14.7. The Bertz CT molecular complexity index is 675. The molecule has 0 aliphatic heterocycles. The minimum absolute atomic E-state index is 0.208. The van der Waals surface area contributed by atoms with Crippen LogP contribution in [0.3, 0.4) is 0 Å². The molecule has 6 nitrogen and oxygen atoms in total. The van der Waals surface area contributed by atoms with E-state index >= 15 is 0 Å². The standard InChI is InChI=1S/C18H25N3O3/c1-5-15-16(13(2)24-20-15)19-17(22)21(12-18(3,4)23)11-14-9-7-6-8-10-14/h6-10,23H,5,11-12H2,1-4H3,(H,19,22). The van der Waals surface area contributed by atoms with E-state index < -0.39 is 5.60 Å². The van der Waals surface area contributed by atoms with Gasteiger partial charge in [-0.1, -0.05) is 42.4 Å². The highest BCUT2D eigenvalue weighted by Crippen LogP contribution is 2.21. The molecule has 2 N–H and O–H groups in total. The summed E-state index contributed by atoms with van der Waals surface area (Å²) in [6, 6.07) is 9.39. The second-order valence-electron chi connectivity index (χ2n) is 6.50. The Labute approximate surface area is 142 Å². The maximum Gasteiger partial charge on any atom is 0.322 e. The molecular weight excluding hydrogens is 306 g/mol. The van der Waals surface area contributed by atoms with E-state index in [0.717, 1.165) is 5.56 Å². The molecule has 0 aliphatic carbocycles. The lowest BCUT2D eigenvalue weighted by Gasteiger charge is -2.29. The number of amides is 2. The van der Waals surface area contributed by atoms with Gasteiger partial charge in [0.1, 0.15) is 11.4 Å². The lowest BCUT2D eigenvalue weighted by Crippen LogP contribution is -2.43. The van der Waals surface area contributed by atoms with Crippen LogP contribution in [0.5, 0.6) is 0 Å². The summed E-state index contributed by atoms with van der Waals surface area (Å²) in [7, 11) is 0. The van der Waals surface area contributed by atoms with Gasteiger partial charge in [0, 0.05) is 6.54 Å². The molecule has 0 fully saturated rings. The predicted octanol–water partition coefficient (Wildman–Crippen LogP) is 3.35. The van der Waals surface area contributed by atoms with Gasteiger partial charge in [-0.15, -0.1) is 0 Å². The summed E-state index contributed by atoms with van der Waals surface area (Å²) in [5, 5.41) is 17.0. The molecule has 0 unspecified atom stereocenters. The SMILES string of the molecule is CCc1noc(C)c1NC(=O)N(Cc1ccccc1)CC(C)(C)O. The van der Waals surface area contributed by atoms with E-state index in [2.05, 4.69) is 10.5 Å². The molecule has 6 heteroatoms. The van der Waals surface area contributed by atoms with Crippen LogP contribution >= 0.6 is 0 Å². The van der Waals surface area contributed by atoms with Crippen molar-refractivity contribution in [2.24, 2.45) is 0 Å². The molecule has 1 aromatic heterocycles. The maximum atomic E-state index is 12.7. The van der Waals surface area contributed by atoms with E-state index in [0.29, 0.717) is 30.1 Å². The fourth-order valence-electron chi connectivity index (χ4n) is 2.48. The molecule has 0 saturated heterocycles. The van der Waals surface area contributed by atoms with Gasteiger partial charge in [-0.3, -0.25) is 0 Å². The summed E-state index contributed by atoms with van der Waals surface area (Å²) in [5.41, 5.74) is 1.32. The maximum absolute atomic E-state index is 12.7. The third-order valence-corrected chi connectivity index (χ3v) is 3.58. The first-order chi connectivity index (χ1) is 11.3. The molecule has 130 valence electrons. The molecule has 0 bridgehead atoms. The normalized spacial score (nSPS) is 11.4. The number of urea groups is 1. The van der Waals surface area contributed by atoms with Crippen LogP contribution in [0.4, 0.5) is 10.5 Å². The fraction of sp³-hybridized carbons (Fsp3) is 0.444. The second-order valence-corrected chi connectivity index (χ2v) is 6.50. The van der Waals surface area contributed by atoms with Gasteiger partial charge in [-0.25, -0.2) is 4.79 Å². The highest BCUT2D eigenvalue weighted by atomic mass is 16.5. The Hall–Kier alpha value is -2.34. The van der Waals surface area contributed by atoms with Crippen molar-refractivity contribution in [1.29, 1.82) is 0 Å². The van der Waals surface area contributed by atoms with Crippen molar-refractivity contribution >= 4 is 11.7 Å². The molecule has 2 rings (SSSR count). The second kappa shape index (κ2) is 7.49.